The van der Waals surface area contributed by atoms with Crippen LogP contribution < -0.4 is 5.32 Å². The van der Waals surface area contributed by atoms with Crippen molar-refractivity contribution in [3.8, 4) is 10.6 Å². The van der Waals surface area contributed by atoms with Crippen molar-refractivity contribution in [1.82, 2.24) is 15.2 Å². The number of H-pyrrole nitrogens is 1. The molecule has 0 aliphatic heterocycles. The van der Waals surface area contributed by atoms with E-state index in [4.69, 9.17) is 0 Å². The van der Waals surface area contributed by atoms with E-state index in [1.165, 1.54) is 16.9 Å². The number of carbonyl (C=O) groups excluding carboxylic acids is 1. The lowest BCUT2D eigenvalue weighted by Crippen LogP contribution is -2.13. The van der Waals surface area contributed by atoms with Gasteiger partial charge in [-0.2, -0.15) is 5.10 Å². The topological polar surface area (TPSA) is 70.7 Å². The van der Waals surface area contributed by atoms with Gasteiger partial charge in [0.25, 0.3) is 5.91 Å². The summed E-state index contributed by atoms with van der Waals surface area (Å²) < 4.78 is 0. The molecule has 2 aromatic heterocycles. The second-order valence-corrected chi connectivity index (χ2v) is 6.69. The zero-order valence-corrected chi connectivity index (χ0v) is 13.5. The monoisotopic (exact) mass is 324 g/mol. The molecule has 0 unspecified atom stereocenters. The van der Waals surface area contributed by atoms with E-state index in [9.17, 15) is 4.79 Å². The minimum atomic E-state index is -0.192. The maximum absolute atomic E-state index is 12.4. The van der Waals surface area contributed by atoms with Crippen LogP contribution in [0.1, 0.15) is 40.5 Å². The summed E-state index contributed by atoms with van der Waals surface area (Å²) in [7, 11) is 0. The second kappa shape index (κ2) is 5.62. The van der Waals surface area contributed by atoms with Crippen molar-refractivity contribution in [3.05, 3.63) is 52.8 Å². The van der Waals surface area contributed by atoms with E-state index < -0.39 is 0 Å². The summed E-state index contributed by atoms with van der Waals surface area (Å²) in [6.07, 6.45) is 3.97. The van der Waals surface area contributed by atoms with Crippen molar-refractivity contribution < 1.29 is 4.79 Å². The fourth-order valence-corrected chi connectivity index (χ4v) is 3.28. The summed E-state index contributed by atoms with van der Waals surface area (Å²) in [6, 6.07) is 8.14. The van der Waals surface area contributed by atoms with Crippen LogP contribution in [0.15, 0.2) is 35.8 Å². The van der Waals surface area contributed by atoms with E-state index in [0.717, 1.165) is 34.8 Å². The van der Waals surface area contributed by atoms with Gasteiger partial charge in [0.1, 0.15) is 10.7 Å². The Morgan fingerprint density at radius 3 is 2.83 bits per heavy atom. The SMILES string of the molecule is Cc1ccc(-c2nc(C(=O)Nc3cn[nH]c3C3CC3)cs2)cc1. The largest absolute Gasteiger partial charge is 0.318 e. The number of aromatic nitrogens is 3. The highest BCUT2D eigenvalue weighted by molar-refractivity contribution is 7.13. The first-order valence-corrected chi connectivity index (χ1v) is 8.46. The summed E-state index contributed by atoms with van der Waals surface area (Å²) in [5, 5.41) is 12.6. The Kier molecular flexibility index (Phi) is 3.46. The Balaban J connectivity index is 1.53. The number of carbonyl (C=O) groups is 1. The fourth-order valence-electron chi connectivity index (χ4n) is 2.47. The van der Waals surface area contributed by atoms with E-state index in [-0.39, 0.29) is 5.91 Å². The maximum atomic E-state index is 12.4. The van der Waals surface area contributed by atoms with Crippen molar-refractivity contribution in [3.63, 3.8) is 0 Å². The summed E-state index contributed by atoms with van der Waals surface area (Å²) in [4.78, 5) is 16.9. The molecule has 3 aromatic rings. The molecule has 1 aliphatic carbocycles. The van der Waals surface area contributed by atoms with Crippen LogP contribution in [0.5, 0.6) is 0 Å². The zero-order chi connectivity index (χ0) is 15.8. The molecular weight excluding hydrogens is 308 g/mol. The van der Waals surface area contributed by atoms with Crippen LogP contribution in [-0.4, -0.2) is 21.1 Å². The van der Waals surface area contributed by atoms with Gasteiger partial charge in [-0.05, 0) is 19.8 Å². The van der Waals surface area contributed by atoms with Crippen LogP contribution in [0, 0.1) is 6.92 Å². The van der Waals surface area contributed by atoms with E-state index in [1.54, 1.807) is 11.6 Å². The lowest BCUT2D eigenvalue weighted by molar-refractivity contribution is 0.102. The number of benzene rings is 1. The molecule has 0 spiro atoms. The second-order valence-electron chi connectivity index (χ2n) is 5.83. The Labute approximate surface area is 137 Å². The molecule has 23 heavy (non-hydrogen) atoms. The molecule has 0 radical (unpaired) electrons. The summed E-state index contributed by atoms with van der Waals surface area (Å²) in [5.74, 6) is 0.314. The van der Waals surface area contributed by atoms with Crippen molar-refractivity contribution in [2.45, 2.75) is 25.7 Å². The third-order valence-electron chi connectivity index (χ3n) is 3.94. The quantitative estimate of drug-likeness (QED) is 0.763. The van der Waals surface area contributed by atoms with Gasteiger partial charge in [-0.25, -0.2) is 4.98 Å². The average molecular weight is 324 g/mol. The Bertz CT molecular complexity index is 846. The number of thiazole rings is 1. The number of aryl methyl sites for hydroxylation is 1. The molecule has 1 aromatic carbocycles. The molecule has 2 heterocycles. The van der Waals surface area contributed by atoms with Gasteiger partial charge in [-0.15, -0.1) is 11.3 Å². The van der Waals surface area contributed by atoms with Gasteiger partial charge in [-0.3, -0.25) is 9.89 Å². The smallest absolute Gasteiger partial charge is 0.275 e. The molecule has 2 N–H and O–H groups in total. The molecule has 1 amide bonds. The van der Waals surface area contributed by atoms with Crippen LogP contribution >= 0.6 is 11.3 Å². The molecule has 116 valence electrons. The van der Waals surface area contributed by atoms with E-state index in [1.807, 2.05) is 31.2 Å². The van der Waals surface area contributed by atoms with Crippen molar-refractivity contribution in [2.75, 3.05) is 5.32 Å². The number of nitrogens with one attached hydrogen (secondary N) is 2. The first-order valence-electron chi connectivity index (χ1n) is 7.58. The molecule has 0 bridgehead atoms. The summed E-state index contributed by atoms with van der Waals surface area (Å²) in [6.45, 7) is 2.05. The number of hydrogen-bond donors (Lipinski definition) is 2. The van der Waals surface area contributed by atoms with Gasteiger partial charge in [0.15, 0.2) is 0 Å². The fraction of sp³-hybridized carbons (Fsp3) is 0.235. The van der Waals surface area contributed by atoms with Crippen molar-refractivity contribution in [1.29, 1.82) is 0 Å². The Hall–Kier alpha value is -2.47. The number of hydrogen-bond acceptors (Lipinski definition) is 4. The third kappa shape index (κ3) is 2.90. The minimum Gasteiger partial charge on any atom is -0.318 e. The minimum absolute atomic E-state index is 0.192. The van der Waals surface area contributed by atoms with Crippen LogP contribution in [0.25, 0.3) is 10.6 Å². The lowest BCUT2D eigenvalue weighted by atomic mass is 10.2. The maximum Gasteiger partial charge on any atom is 0.275 e. The molecule has 4 rings (SSSR count). The van der Waals surface area contributed by atoms with Gasteiger partial charge in [0, 0.05) is 16.9 Å². The van der Waals surface area contributed by atoms with Gasteiger partial charge < -0.3 is 5.32 Å². The molecule has 1 saturated carbocycles. The van der Waals surface area contributed by atoms with Gasteiger partial charge >= 0.3 is 0 Å². The third-order valence-corrected chi connectivity index (χ3v) is 4.83. The highest BCUT2D eigenvalue weighted by Gasteiger charge is 2.28. The number of rotatable bonds is 4. The summed E-state index contributed by atoms with van der Waals surface area (Å²) >= 11 is 1.48. The van der Waals surface area contributed by atoms with Crippen LogP contribution in [-0.2, 0) is 0 Å². The van der Waals surface area contributed by atoms with Crippen LogP contribution in [0.4, 0.5) is 5.69 Å². The lowest BCUT2D eigenvalue weighted by Gasteiger charge is -2.02. The molecule has 5 nitrogen and oxygen atoms in total. The van der Waals surface area contributed by atoms with E-state index in [0.29, 0.717) is 11.6 Å². The highest BCUT2D eigenvalue weighted by Crippen LogP contribution is 2.42. The van der Waals surface area contributed by atoms with Crippen LogP contribution in [0.2, 0.25) is 0 Å². The highest BCUT2D eigenvalue weighted by atomic mass is 32.1. The van der Waals surface area contributed by atoms with Crippen molar-refractivity contribution >= 4 is 22.9 Å². The predicted molar refractivity (Wildman–Crippen MR) is 90.8 cm³/mol. The Morgan fingerprint density at radius 1 is 1.30 bits per heavy atom. The number of amides is 1. The zero-order valence-electron chi connectivity index (χ0n) is 12.7. The molecule has 6 heteroatoms. The standard InChI is InChI=1S/C17H16N4OS/c1-10-2-4-12(5-3-10)17-20-14(9-23-17)16(22)19-13-8-18-21-15(13)11-6-7-11/h2-5,8-9,11H,6-7H2,1H3,(H,18,21)(H,19,22). The first kappa shape index (κ1) is 14.1. The molecule has 1 aliphatic rings. The molecular formula is C17H16N4OS. The molecule has 0 saturated heterocycles. The van der Waals surface area contributed by atoms with Gasteiger partial charge in [0.2, 0.25) is 0 Å². The predicted octanol–water partition coefficient (Wildman–Crippen LogP) is 3.97. The van der Waals surface area contributed by atoms with Crippen LogP contribution in [0.3, 0.4) is 0 Å². The van der Waals surface area contributed by atoms with E-state index >= 15 is 0 Å². The molecule has 0 atom stereocenters. The number of anilines is 1. The van der Waals surface area contributed by atoms with Gasteiger partial charge in [-0.1, -0.05) is 29.8 Å². The first-order chi connectivity index (χ1) is 11.2. The normalized spacial score (nSPS) is 14.0. The van der Waals surface area contributed by atoms with Crippen molar-refractivity contribution in [2.24, 2.45) is 0 Å². The molecule has 1 fully saturated rings. The summed E-state index contributed by atoms with van der Waals surface area (Å²) in [5.41, 5.74) is 4.46. The number of aromatic amines is 1. The van der Waals surface area contributed by atoms with Gasteiger partial charge in [0.05, 0.1) is 17.6 Å². The van der Waals surface area contributed by atoms with E-state index in [2.05, 4.69) is 20.5 Å². The number of nitrogens with zero attached hydrogens (tertiary/aromatic N) is 2. The Morgan fingerprint density at radius 2 is 2.09 bits per heavy atom. The average Bonchev–Trinajstić information content (AvgIpc) is 3.09.